The number of fused-ring (bicyclic) bond motifs is 1. The summed E-state index contributed by atoms with van der Waals surface area (Å²) in [6, 6.07) is 8.90. The number of carbonyl (C=O) groups excluding carboxylic acids is 1. The Hall–Kier alpha value is -3.03. The Morgan fingerprint density at radius 1 is 0.943 bits per heavy atom. The van der Waals surface area contributed by atoms with E-state index in [1.54, 1.807) is 7.11 Å². The molecule has 3 rings (SSSR count). The highest BCUT2D eigenvalue weighted by molar-refractivity contribution is 5.88. The average Bonchev–Trinajstić information content (AvgIpc) is 3.52. The summed E-state index contributed by atoms with van der Waals surface area (Å²) in [6.07, 6.45) is 17.4. The van der Waals surface area contributed by atoms with Crippen molar-refractivity contribution in [1.29, 1.82) is 0 Å². The van der Waals surface area contributed by atoms with Gasteiger partial charge in [0.2, 0.25) is 0 Å². The van der Waals surface area contributed by atoms with Crippen molar-refractivity contribution in [2.45, 2.75) is 86.7 Å². The van der Waals surface area contributed by atoms with E-state index in [1.165, 1.54) is 80.2 Å². The Bertz CT molecular complexity index is 1290. The van der Waals surface area contributed by atoms with E-state index in [0.29, 0.717) is 0 Å². The number of hydrogen-bond acceptors (Lipinski definition) is 7. The average molecular weight is 739 g/mol. The van der Waals surface area contributed by atoms with Crippen LogP contribution >= 0.6 is 0 Å². The first-order valence-corrected chi connectivity index (χ1v) is 19.6. The van der Waals surface area contributed by atoms with E-state index >= 15 is 0 Å². The van der Waals surface area contributed by atoms with Gasteiger partial charge in [0.1, 0.15) is 6.79 Å². The lowest BCUT2D eigenvalue weighted by Gasteiger charge is -2.33. The molecular weight excluding hydrogens is 657 g/mol. The van der Waals surface area contributed by atoms with Crippen LogP contribution in [0.3, 0.4) is 0 Å². The van der Waals surface area contributed by atoms with Crippen molar-refractivity contribution in [3.63, 3.8) is 0 Å². The van der Waals surface area contributed by atoms with Gasteiger partial charge in [0.05, 0.1) is 11.1 Å². The zero-order valence-corrected chi connectivity index (χ0v) is 36.9. The second kappa shape index (κ2) is 32.4. The molecule has 2 aromatic rings. The number of benzene rings is 1. The monoisotopic (exact) mass is 739 g/mol. The lowest BCUT2D eigenvalue weighted by Crippen LogP contribution is -2.44. The van der Waals surface area contributed by atoms with Crippen molar-refractivity contribution >= 4 is 23.3 Å². The quantitative estimate of drug-likeness (QED) is 0.138. The predicted octanol–water partition coefficient (Wildman–Crippen LogP) is 8.02. The van der Waals surface area contributed by atoms with E-state index in [1.807, 2.05) is 20.6 Å². The topological polar surface area (TPSA) is 70.2 Å². The molecule has 2 heterocycles. The highest BCUT2D eigenvalue weighted by atomic mass is 16.5. The SMILES string of the molecule is C#C.C=C(/C=C(\C=C(/C)c1cc2cccc(CC)c2n1C)C(C)(C)OC)CN1CCN(C)CC1.C=O.CC.CCCN(CCC)CCCN(C)C.CN. The van der Waals surface area contributed by atoms with Crippen LogP contribution in [0.1, 0.15) is 85.9 Å². The fraction of sp³-hybridized carbons (Fsp3) is 0.622. The molecule has 0 atom stereocenters. The molecule has 8 nitrogen and oxygen atoms in total. The fourth-order valence-corrected chi connectivity index (χ4v) is 6.12. The number of hydrogen-bond donors (Lipinski definition) is 1. The second-order valence-corrected chi connectivity index (χ2v) is 13.7. The standard InChI is InChI=1S/C28H41N3O.C11H26N2.C2H6.C2H2.CH5N.CH2O/c1-9-23-11-10-12-24-19-26(30(7)27(23)24)22(3)18-25(28(4,5)32-8)17-21(2)20-31-15-13-29(6)14-16-31;1-5-8-13(9-6-2)11-7-10-12(3)4;4*1-2/h10-12,17-19H,2,9,13-16,20H2,1,3-8H3;5-11H2,1-4H3;1-2H3;1-2H;2H2,1H3;1H2/b22-18+,25-17+;;;;;. The normalized spacial score (nSPS) is 13.6. The van der Waals surface area contributed by atoms with Crippen molar-refractivity contribution in [2.75, 3.05) is 94.2 Å². The van der Waals surface area contributed by atoms with Gasteiger partial charge in [0.25, 0.3) is 0 Å². The van der Waals surface area contributed by atoms with Gasteiger partial charge in [-0.15, -0.1) is 12.8 Å². The molecule has 304 valence electrons. The Kier molecular flexibility index (Phi) is 33.2. The van der Waals surface area contributed by atoms with Gasteiger partial charge in [-0.3, -0.25) is 4.90 Å². The van der Waals surface area contributed by atoms with Gasteiger partial charge in [-0.25, -0.2) is 0 Å². The predicted molar refractivity (Wildman–Crippen MR) is 237 cm³/mol. The van der Waals surface area contributed by atoms with E-state index in [9.17, 15) is 0 Å². The molecule has 1 aliphatic rings. The molecule has 0 unspecified atom stereocenters. The molecule has 0 saturated carbocycles. The van der Waals surface area contributed by atoms with Crippen LogP contribution in [0, 0.1) is 12.8 Å². The fourth-order valence-electron chi connectivity index (χ4n) is 6.12. The number of piperazine rings is 1. The first kappa shape index (κ1) is 54.3. The molecule has 1 aliphatic heterocycles. The van der Waals surface area contributed by atoms with Crippen LogP contribution in [-0.2, 0) is 23.0 Å². The number of nitrogens with zero attached hydrogens (tertiary/aromatic N) is 5. The molecule has 2 N–H and O–H groups in total. The number of terminal acetylenes is 1. The summed E-state index contributed by atoms with van der Waals surface area (Å²) in [4.78, 5) is 17.7. The molecule has 0 bridgehead atoms. The lowest BCUT2D eigenvalue weighted by atomic mass is 9.93. The molecule has 8 heteroatoms. The lowest BCUT2D eigenvalue weighted by molar-refractivity contribution is -0.0980. The molecule has 1 saturated heterocycles. The number of ether oxygens (including phenoxy) is 1. The second-order valence-electron chi connectivity index (χ2n) is 13.7. The Morgan fingerprint density at radius 2 is 1.49 bits per heavy atom. The maximum atomic E-state index is 8.00. The summed E-state index contributed by atoms with van der Waals surface area (Å²) < 4.78 is 8.22. The number of nitrogens with two attached hydrogens (primary N) is 1. The summed E-state index contributed by atoms with van der Waals surface area (Å²) in [5, 5.41) is 1.30. The van der Waals surface area contributed by atoms with E-state index < -0.39 is 5.60 Å². The van der Waals surface area contributed by atoms with Gasteiger partial charge in [0.15, 0.2) is 0 Å². The molecule has 0 radical (unpaired) electrons. The van der Waals surface area contributed by atoms with E-state index in [2.05, 4.69) is 155 Å². The summed E-state index contributed by atoms with van der Waals surface area (Å²) in [5.41, 5.74) is 11.6. The minimum Gasteiger partial charge on any atom is -0.374 e. The number of carbonyl (C=O) groups is 1. The molecule has 53 heavy (non-hydrogen) atoms. The first-order valence-electron chi connectivity index (χ1n) is 19.6. The number of aryl methyl sites for hydroxylation is 2. The molecule has 1 aromatic carbocycles. The molecule has 0 aliphatic carbocycles. The van der Waals surface area contributed by atoms with Gasteiger partial charge >= 0.3 is 0 Å². The third-order valence-electron chi connectivity index (χ3n) is 9.04. The minimum absolute atomic E-state index is 0.397. The number of methoxy groups -OCH3 is 1. The van der Waals surface area contributed by atoms with Crippen LogP contribution in [0.4, 0.5) is 0 Å². The van der Waals surface area contributed by atoms with Crippen LogP contribution in [-0.4, -0.2) is 131 Å². The maximum absolute atomic E-state index is 8.00. The van der Waals surface area contributed by atoms with Crippen LogP contribution in [0.15, 0.2) is 54.1 Å². The van der Waals surface area contributed by atoms with E-state index in [4.69, 9.17) is 9.53 Å². The van der Waals surface area contributed by atoms with E-state index in [-0.39, 0.29) is 0 Å². The highest BCUT2D eigenvalue weighted by Gasteiger charge is 2.23. The van der Waals surface area contributed by atoms with Crippen molar-refractivity contribution in [3.05, 3.63) is 65.4 Å². The van der Waals surface area contributed by atoms with Crippen LogP contribution in [0.5, 0.6) is 0 Å². The Labute approximate surface area is 328 Å². The van der Waals surface area contributed by atoms with Crippen molar-refractivity contribution in [1.82, 2.24) is 24.2 Å². The zero-order valence-electron chi connectivity index (χ0n) is 36.9. The minimum atomic E-state index is -0.397. The smallest absolute Gasteiger partial charge is 0.106 e. The highest BCUT2D eigenvalue weighted by Crippen LogP contribution is 2.30. The van der Waals surface area contributed by atoms with Gasteiger partial charge < -0.3 is 34.5 Å². The number of allylic oxidation sites excluding steroid dienone is 1. The Balaban J connectivity index is -0.000000999. The first-order chi connectivity index (χ1) is 25.4. The third-order valence-corrected chi connectivity index (χ3v) is 9.04. The van der Waals surface area contributed by atoms with Gasteiger partial charge in [-0.05, 0) is 129 Å². The number of rotatable bonds is 16. The Morgan fingerprint density at radius 3 is 1.96 bits per heavy atom. The van der Waals surface area contributed by atoms with Crippen molar-refractivity contribution in [3.8, 4) is 12.8 Å². The number of para-hydroxylation sites is 1. The van der Waals surface area contributed by atoms with E-state index in [0.717, 1.165) is 50.3 Å². The van der Waals surface area contributed by atoms with Crippen LogP contribution < -0.4 is 5.73 Å². The van der Waals surface area contributed by atoms with Crippen molar-refractivity contribution in [2.24, 2.45) is 12.8 Å². The third kappa shape index (κ3) is 20.9. The summed E-state index contributed by atoms with van der Waals surface area (Å²) in [7, 11) is 11.9. The van der Waals surface area contributed by atoms with Crippen molar-refractivity contribution < 1.29 is 9.53 Å². The molecular formula is C45H82N6O2. The molecule has 1 fully saturated rings. The van der Waals surface area contributed by atoms with Crippen LogP contribution in [0.25, 0.3) is 16.5 Å². The van der Waals surface area contributed by atoms with Gasteiger partial charge in [-0.1, -0.05) is 71.5 Å². The largest absolute Gasteiger partial charge is 0.374 e. The summed E-state index contributed by atoms with van der Waals surface area (Å²) in [6.45, 7) is 33.9. The number of aromatic nitrogens is 1. The van der Waals surface area contributed by atoms with Gasteiger partial charge in [-0.2, -0.15) is 0 Å². The summed E-state index contributed by atoms with van der Waals surface area (Å²) in [5.74, 6) is 0. The van der Waals surface area contributed by atoms with Crippen LogP contribution in [0.2, 0.25) is 0 Å². The molecule has 0 spiro atoms. The molecule has 1 aromatic heterocycles. The van der Waals surface area contributed by atoms with Gasteiger partial charge in [0, 0.05) is 58.0 Å². The molecule has 0 amide bonds. The zero-order chi connectivity index (χ0) is 41.6. The number of likely N-dealkylation sites (N-methyl/N-ethyl adjacent to an activating group) is 1. The maximum Gasteiger partial charge on any atom is 0.106 e. The summed E-state index contributed by atoms with van der Waals surface area (Å²) >= 11 is 0.